The summed E-state index contributed by atoms with van der Waals surface area (Å²) in [6.45, 7) is 2.72. The van der Waals surface area contributed by atoms with Crippen LogP contribution in [-0.4, -0.2) is 42.1 Å². The molecule has 0 aromatic rings. The normalized spacial score (nSPS) is 45.9. The van der Waals surface area contributed by atoms with Gasteiger partial charge in [0.15, 0.2) is 0 Å². The summed E-state index contributed by atoms with van der Waals surface area (Å²) < 4.78 is 5.27. The highest BCUT2D eigenvalue weighted by atomic mass is 16.5. The van der Waals surface area contributed by atoms with Crippen LogP contribution in [0.5, 0.6) is 0 Å². The van der Waals surface area contributed by atoms with Crippen LogP contribution in [0.3, 0.4) is 0 Å². The minimum Gasteiger partial charge on any atom is -0.376 e. The van der Waals surface area contributed by atoms with Crippen molar-refractivity contribution in [2.75, 3.05) is 13.7 Å². The average molecular weight is 170 g/mol. The molecule has 0 radical (unpaired) electrons. The summed E-state index contributed by atoms with van der Waals surface area (Å²) in [5.74, 6) is 0.0702. The molecule has 3 unspecified atom stereocenters. The Morgan fingerprint density at radius 2 is 2.42 bits per heavy atom. The van der Waals surface area contributed by atoms with Crippen LogP contribution in [0.25, 0.3) is 0 Å². The predicted molar refractivity (Wildman–Crippen MR) is 43.5 cm³/mol. The van der Waals surface area contributed by atoms with E-state index in [1.165, 1.54) is 0 Å². The Morgan fingerprint density at radius 1 is 1.75 bits per heavy atom. The van der Waals surface area contributed by atoms with Crippen molar-refractivity contribution >= 4 is 5.91 Å². The molecule has 1 aliphatic heterocycles. The van der Waals surface area contributed by atoms with Crippen molar-refractivity contribution in [1.82, 2.24) is 4.90 Å². The molecular weight excluding hydrogens is 156 g/mol. The van der Waals surface area contributed by atoms with Gasteiger partial charge >= 0.3 is 0 Å². The second kappa shape index (κ2) is 2.20. The van der Waals surface area contributed by atoms with Gasteiger partial charge in [-0.05, 0) is 6.92 Å². The first kappa shape index (κ1) is 8.01. The lowest BCUT2D eigenvalue weighted by Crippen LogP contribution is -2.62. The number of carbonyl (C=O) groups is 1. The Hall–Kier alpha value is -0.610. The number of hydrogen-bond donors (Lipinski definition) is 1. The molecule has 1 saturated carbocycles. The highest BCUT2D eigenvalue weighted by Crippen LogP contribution is 2.44. The van der Waals surface area contributed by atoms with E-state index in [0.29, 0.717) is 6.54 Å². The van der Waals surface area contributed by atoms with E-state index >= 15 is 0 Å². The van der Waals surface area contributed by atoms with Crippen molar-refractivity contribution in [3.05, 3.63) is 0 Å². The van der Waals surface area contributed by atoms with Gasteiger partial charge in [0.05, 0.1) is 11.6 Å². The van der Waals surface area contributed by atoms with Crippen LogP contribution in [0, 0.1) is 0 Å². The Labute approximate surface area is 71.7 Å². The van der Waals surface area contributed by atoms with Crippen LogP contribution < -0.4 is 5.73 Å². The van der Waals surface area contributed by atoms with E-state index < -0.39 is 0 Å². The highest BCUT2D eigenvalue weighted by molar-refractivity contribution is 5.88. The molecule has 2 N–H and O–H groups in total. The quantitative estimate of drug-likeness (QED) is 0.559. The maximum absolute atomic E-state index is 11.2. The molecule has 0 spiro atoms. The fraction of sp³-hybridized carbons (Fsp3) is 0.875. The molecule has 2 aliphatic rings. The summed E-state index contributed by atoms with van der Waals surface area (Å²) in [6, 6.07) is 0.0153. The lowest BCUT2D eigenvalue weighted by Gasteiger charge is -2.37. The first-order valence-electron chi connectivity index (χ1n) is 4.20. The van der Waals surface area contributed by atoms with Crippen molar-refractivity contribution in [3.63, 3.8) is 0 Å². The Kier molecular flexibility index (Phi) is 1.47. The monoisotopic (exact) mass is 170 g/mol. The summed E-state index contributed by atoms with van der Waals surface area (Å²) >= 11 is 0. The number of nitrogens with two attached hydrogens (primary N) is 1. The van der Waals surface area contributed by atoms with Crippen LogP contribution in [-0.2, 0) is 9.53 Å². The number of hydrogen-bond acceptors (Lipinski definition) is 3. The first-order valence-corrected chi connectivity index (χ1v) is 4.20. The Morgan fingerprint density at radius 3 is 2.75 bits per heavy atom. The molecule has 2 fully saturated rings. The SMILES string of the molecule is COC1(C)CC1N1CC(N)C1=O. The molecule has 1 saturated heterocycles. The van der Waals surface area contributed by atoms with Crippen molar-refractivity contribution < 1.29 is 9.53 Å². The number of methoxy groups -OCH3 is 1. The molecule has 0 aromatic carbocycles. The summed E-state index contributed by atoms with van der Waals surface area (Å²) in [4.78, 5) is 13.0. The Balaban J connectivity index is 1.94. The molecule has 0 aromatic heterocycles. The third-order valence-electron chi connectivity index (χ3n) is 2.98. The van der Waals surface area contributed by atoms with Gasteiger partial charge in [0.1, 0.15) is 6.04 Å². The average Bonchev–Trinajstić information content (AvgIpc) is 2.73. The maximum Gasteiger partial charge on any atom is 0.241 e. The summed E-state index contributed by atoms with van der Waals surface area (Å²) in [7, 11) is 1.68. The third-order valence-corrected chi connectivity index (χ3v) is 2.98. The van der Waals surface area contributed by atoms with Crippen LogP contribution >= 0.6 is 0 Å². The van der Waals surface area contributed by atoms with Crippen LogP contribution in [0.1, 0.15) is 13.3 Å². The molecule has 4 heteroatoms. The molecule has 68 valence electrons. The van der Waals surface area contributed by atoms with E-state index in [2.05, 4.69) is 0 Å². The lowest BCUT2D eigenvalue weighted by atomic mass is 10.1. The minimum atomic E-state index is -0.258. The number of nitrogens with zero attached hydrogens (tertiary/aromatic N) is 1. The largest absolute Gasteiger partial charge is 0.376 e. The van der Waals surface area contributed by atoms with Gasteiger partial charge in [0.2, 0.25) is 5.91 Å². The van der Waals surface area contributed by atoms with Crippen molar-refractivity contribution in [1.29, 1.82) is 0 Å². The highest BCUT2D eigenvalue weighted by Gasteiger charge is 2.58. The van der Waals surface area contributed by atoms with Gasteiger partial charge < -0.3 is 15.4 Å². The van der Waals surface area contributed by atoms with Gasteiger partial charge in [-0.2, -0.15) is 0 Å². The van der Waals surface area contributed by atoms with Gasteiger partial charge in [-0.25, -0.2) is 0 Å². The number of likely N-dealkylation sites (tertiary alicyclic amines) is 1. The Bertz CT molecular complexity index is 231. The van der Waals surface area contributed by atoms with Gasteiger partial charge in [-0.15, -0.1) is 0 Å². The van der Waals surface area contributed by atoms with E-state index in [1.807, 2.05) is 11.8 Å². The smallest absolute Gasteiger partial charge is 0.241 e. The molecule has 3 atom stereocenters. The second-order valence-corrected chi connectivity index (χ2v) is 3.83. The topological polar surface area (TPSA) is 55.6 Å². The molecule has 2 rings (SSSR count). The number of amides is 1. The van der Waals surface area contributed by atoms with E-state index in [1.54, 1.807) is 7.11 Å². The van der Waals surface area contributed by atoms with Gasteiger partial charge in [-0.1, -0.05) is 0 Å². The van der Waals surface area contributed by atoms with Gasteiger partial charge in [0.25, 0.3) is 0 Å². The standard InChI is InChI=1S/C8H14N2O2/c1-8(12-2)3-6(8)10-4-5(9)7(10)11/h5-6H,3-4,9H2,1-2H3. The van der Waals surface area contributed by atoms with E-state index in [4.69, 9.17) is 10.5 Å². The minimum absolute atomic E-state index is 0.0702. The van der Waals surface area contributed by atoms with Crippen molar-refractivity contribution in [2.24, 2.45) is 5.73 Å². The zero-order valence-corrected chi connectivity index (χ0v) is 7.41. The van der Waals surface area contributed by atoms with Gasteiger partial charge in [-0.3, -0.25) is 4.79 Å². The second-order valence-electron chi connectivity index (χ2n) is 3.83. The fourth-order valence-corrected chi connectivity index (χ4v) is 1.75. The van der Waals surface area contributed by atoms with Crippen LogP contribution in [0.2, 0.25) is 0 Å². The third kappa shape index (κ3) is 0.881. The molecule has 1 heterocycles. The van der Waals surface area contributed by atoms with Crippen molar-refractivity contribution in [3.8, 4) is 0 Å². The molecule has 1 amide bonds. The number of rotatable bonds is 2. The van der Waals surface area contributed by atoms with E-state index in [0.717, 1.165) is 6.42 Å². The number of β-lactam (4-membered cyclic amide) rings is 1. The predicted octanol–water partition coefficient (Wildman–Crippen LogP) is -0.667. The summed E-state index contributed by atoms with van der Waals surface area (Å²) in [5.41, 5.74) is 5.37. The maximum atomic E-state index is 11.2. The number of ether oxygens (including phenoxy) is 1. The molecular formula is C8H14N2O2. The molecule has 1 aliphatic carbocycles. The lowest BCUT2D eigenvalue weighted by molar-refractivity contribution is -0.144. The summed E-state index contributed by atoms with van der Waals surface area (Å²) in [6.07, 6.45) is 0.946. The van der Waals surface area contributed by atoms with Gasteiger partial charge in [0, 0.05) is 20.1 Å². The summed E-state index contributed by atoms with van der Waals surface area (Å²) in [5, 5.41) is 0. The zero-order chi connectivity index (χ0) is 8.93. The van der Waals surface area contributed by atoms with Crippen LogP contribution in [0.15, 0.2) is 0 Å². The van der Waals surface area contributed by atoms with Crippen LogP contribution in [0.4, 0.5) is 0 Å². The molecule has 0 bridgehead atoms. The molecule has 12 heavy (non-hydrogen) atoms. The fourth-order valence-electron chi connectivity index (χ4n) is 1.75. The zero-order valence-electron chi connectivity index (χ0n) is 7.41. The number of carbonyl (C=O) groups excluding carboxylic acids is 1. The van der Waals surface area contributed by atoms with E-state index in [-0.39, 0.29) is 23.6 Å². The molecule has 4 nitrogen and oxygen atoms in total. The first-order chi connectivity index (χ1) is 5.58. The van der Waals surface area contributed by atoms with Crippen molar-refractivity contribution in [2.45, 2.75) is 31.0 Å². The van der Waals surface area contributed by atoms with E-state index in [9.17, 15) is 4.79 Å².